The Morgan fingerprint density at radius 2 is 1.63 bits per heavy atom. The first-order valence-electron chi connectivity index (χ1n) is 8.59. The Labute approximate surface area is 168 Å². The summed E-state index contributed by atoms with van der Waals surface area (Å²) >= 11 is 12.0. The molecule has 0 spiro atoms. The van der Waals surface area contributed by atoms with Gasteiger partial charge in [-0.3, -0.25) is 9.78 Å². The molecular formula is C21H19Cl2N3O. The number of benzene rings is 2. The van der Waals surface area contributed by atoms with Crippen LogP contribution in [0.5, 0.6) is 0 Å². The molecule has 1 aromatic heterocycles. The van der Waals surface area contributed by atoms with Gasteiger partial charge in [-0.05, 0) is 48.7 Å². The summed E-state index contributed by atoms with van der Waals surface area (Å²) in [5.41, 5.74) is 2.53. The molecule has 2 atom stereocenters. The molecule has 1 amide bonds. The fourth-order valence-electron chi connectivity index (χ4n) is 2.97. The van der Waals surface area contributed by atoms with Crippen molar-refractivity contribution < 1.29 is 4.79 Å². The normalized spacial score (nSPS) is 13.0. The number of rotatable bonds is 6. The van der Waals surface area contributed by atoms with Crippen molar-refractivity contribution in [3.8, 4) is 0 Å². The first kappa shape index (κ1) is 19.3. The van der Waals surface area contributed by atoms with Gasteiger partial charge in [0, 0.05) is 34.4 Å². The van der Waals surface area contributed by atoms with E-state index >= 15 is 0 Å². The molecule has 1 heterocycles. The smallest absolute Gasteiger partial charge is 0.271 e. The van der Waals surface area contributed by atoms with Gasteiger partial charge in [-0.1, -0.05) is 47.5 Å². The van der Waals surface area contributed by atoms with E-state index in [0.29, 0.717) is 15.7 Å². The quantitative estimate of drug-likeness (QED) is 0.639. The van der Waals surface area contributed by atoms with Crippen LogP contribution < -0.4 is 5.32 Å². The van der Waals surface area contributed by atoms with Crippen LogP contribution in [-0.2, 0) is 6.42 Å². The lowest BCUT2D eigenvalue weighted by Crippen LogP contribution is -2.38. The third-order valence-electron chi connectivity index (χ3n) is 4.43. The van der Waals surface area contributed by atoms with E-state index in [1.54, 1.807) is 0 Å². The van der Waals surface area contributed by atoms with Crippen molar-refractivity contribution >= 4 is 29.1 Å². The van der Waals surface area contributed by atoms with E-state index in [0.717, 1.165) is 17.5 Å². The fraction of sp³-hybridized carbons (Fsp3) is 0.190. The van der Waals surface area contributed by atoms with E-state index in [2.05, 4.69) is 15.3 Å². The zero-order valence-electron chi connectivity index (χ0n) is 14.8. The Kier molecular flexibility index (Phi) is 6.43. The van der Waals surface area contributed by atoms with Gasteiger partial charge in [0.2, 0.25) is 0 Å². The summed E-state index contributed by atoms with van der Waals surface area (Å²) in [6.07, 6.45) is 5.25. The summed E-state index contributed by atoms with van der Waals surface area (Å²) in [5.74, 6) is -0.185. The Morgan fingerprint density at radius 1 is 1.00 bits per heavy atom. The molecule has 1 N–H and O–H groups in total. The topological polar surface area (TPSA) is 54.9 Å². The lowest BCUT2D eigenvalue weighted by Gasteiger charge is -2.26. The summed E-state index contributed by atoms with van der Waals surface area (Å²) in [7, 11) is 0. The highest BCUT2D eigenvalue weighted by Crippen LogP contribution is 2.27. The molecule has 0 bridgehead atoms. The third kappa shape index (κ3) is 5.28. The molecule has 27 heavy (non-hydrogen) atoms. The number of halogens is 2. The maximum absolute atomic E-state index is 12.5. The van der Waals surface area contributed by atoms with Crippen LogP contribution in [0, 0.1) is 0 Å². The molecule has 0 aliphatic heterocycles. The molecule has 0 aliphatic rings. The zero-order chi connectivity index (χ0) is 19.2. The first-order valence-corrected chi connectivity index (χ1v) is 9.35. The molecule has 3 rings (SSSR count). The maximum Gasteiger partial charge on any atom is 0.271 e. The first-order chi connectivity index (χ1) is 13.0. The van der Waals surface area contributed by atoms with Crippen LogP contribution in [0.25, 0.3) is 0 Å². The molecule has 138 valence electrons. The molecule has 6 heteroatoms. The van der Waals surface area contributed by atoms with Crippen molar-refractivity contribution in [2.45, 2.75) is 25.3 Å². The summed E-state index contributed by atoms with van der Waals surface area (Å²) in [5, 5.41) is 4.42. The van der Waals surface area contributed by atoms with Crippen molar-refractivity contribution in [3.05, 3.63) is 94.0 Å². The van der Waals surface area contributed by atoms with Crippen LogP contribution in [0.15, 0.2) is 67.1 Å². The number of carbonyl (C=O) groups excluding carboxylic acids is 1. The van der Waals surface area contributed by atoms with Crippen molar-refractivity contribution in [1.29, 1.82) is 0 Å². The largest absolute Gasteiger partial charge is 0.348 e. The van der Waals surface area contributed by atoms with Crippen LogP contribution in [-0.4, -0.2) is 21.9 Å². The minimum absolute atomic E-state index is 0.0593. The number of aromatic nitrogens is 2. The van der Waals surface area contributed by atoms with Gasteiger partial charge in [0.05, 0.1) is 6.20 Å². The molecule has 0 saturated carbocycles. The number of carbonyl (C=O) groups is 1. The van der Waals surface area contributed by atoms with Crippen molar-refractivity contribution in [2.75, 3.05) is 0 Å². The molecule has 2 aromatic carbocycles. The lowest BCUT2D eigenvalue weighted by atomic mass is 9.86. The minimum atomic E-state index is -0.245. The maximum atomic E-state index is 12.5. The van der Waals surface area contributed by atoms with Crippen LogP contribution in [0.4, 0.5) is 0 Å². The van der Waals surface area contributed by atoms with Crippen molar-refractivity contribution in [3.63, 3.8) is 0 Å². The highest BCUT2D eigenvalue weighted by Gasteiger charge is 2.22. The number of hydrogen-bond acceptors (Lipinski definition) is 3. The Bertz CT molecular complexity index is 884. The van der Waals surface area contributed by atoms with Crippen molar-refractivity contribution in [1.82, 2.24) is 15.3 Å². The fourth-order valence-corrected chi connectivity index (χ4v) is 3.22. The number of amides is 1. The van der Waals surface area contributed by atoms with E-state index in [4.69, 9.17) is 23.2 Å². The van der Waals surface area contributed by atoms with Gasteiger partial charge in [-0.2, -0.15) is 0 Å². The summed E-state index contributed by atoms with van der Waals surface area (Å²) in [4.78, 5) is 20.5. The summed E-state index contributed by atoms with van der Waals surface area (Å²) < 4.78 is 0. The molecule has 0 unspecified atom stereocenters. The predicted octanol–water partition coefficient (Wildman–Crippen LogP) is 4.93. The van der Waals surface area contributed by atoms with E-state index in [9.17, 15) is 4.79 Å². The number of nitrogens with zero attached hydrogens (tertiary/aromatic N) is 2. The highest BCUT2D eigenvalue weighted by atomic mass is 35.5. The second-order valence-corrected chi connectivity index (χ2v) is 7.21. The number of nitrogens with one attached hydrogen (secondary N) is 1. The lowest BCUT2D eigenvalue weighted by molar-refractivity contribution is 0.0929. The van der Waals surface area contributed by atoms with Gasteiger partial charge in [0.15, 0.2) is 0 Å². The van der Waals surface area contributed by atoms with Gasteiger partial charge in [-0.15, -0.1) is 0 Å². The van der Waals surface area contributed by atoms with E-state index in [-0.39, 0.29) is 17.9 Å². The minimum Gasteiger partial charge on any atom is -0.348 e. The van der Waals surface area contributed by atoms with Gasteiger partial charge < -0.3 is 5.32 Å². The Balaban J connectivity index is 1.82. The van der Waals surface area contributed by atoms with Crippen LogP contribution in [0.3, 0.4) is 0 Å². The molecule has 4 nitrogen and oxygen atoms in total. The average Bonchev–Trinajstić information content (AvgIpc) is 2.69. The molecule has 0 saturated heterocycles. The SMILES string of the molecule is C[C@@H](NC(=O)c1cnccn1)[C@H](Cc1ccc(Cl)cc1)c1ccc(Cl)cc1. The van der Waals surface area contributed by atoms with E-state index in [1.165, 1.54) is 18.6 Å². The number of hydrogen-bond donors (Lipinski definition) is 1. The summed E-state index contributed by atoms with van der Waals surface area (Å²) in [6.45, 7) is 1.99. The molecular weight excluding hydrogens is 381 g/mol. The third-order valence-corrected chi connectivity index (χ3v) is 4.93. The van der Waals surface area contributed by atoms with Crippen LogP contribution in [0.2, 0.25) is 10.0 Å². The Morgan fingerprint density at radius 3 is 2.22 bits per heavy atom. The monoisotopic (exact) mass is 399 g/mol. The zero-order valence-corrected chi connectivity index (χ0v) is 16.3. The van der Waals surface area contributed by atoms with Crippen molar-refractivity contribution in [2.24, 2.45) is 0 Å². The standard InChI is InChI=1S/C21H19Cl2N3O/c1-14(26-21(27)20-13-24-10-11-25-20)19(16-4-8-18(23)9-5-16)12-15-2-6-17(22)7-3-15/h2-11,13-14,19H,12H2,1H3,(H,26,27)/t14-,19+/m1/s1. The second-order valence-electron chi connectivity index (χ2n) is 6.34. The van der Waals surface area contributed by atoms with Crippen LogP contribution in [0.1, 0.15) is 34.5 Å². The van der Waals surface area contributed by atoms with Gasteiger partial charge in [-0.25, -0.2) is 4.98 Å². The van der Waals surface area contributed by atoms with Gasteiger partial charge in [0.1, 0.15) is 5.69 Å². The molecule has 3 aromatic rings. The molecule has 0 aliphatic carbocycles. The Hall–Kier alpha value is -2.43. The molecule has 0 radical (unpaired) electrons. The summed E-state index contributed by atoms with van der Waals surface area (Å²) in [6, 6.07) is 15.3. The van der Waals surface area contributed by atoms with Gasteiger partial charge in [0.25, 0.3) is 5.91 Å². The predicted molar refractivity (Wildman–Crippen MR) is 108 cm³/mol. The van der Waals surface area contributed by atoms with Crippen LogP contribution >= 0.6 is 23.2 Å². The molecule has 0 fully saturated rings. The average molecular weight is 400 g/mol. The second kappa shape index (κ2) is 8.98. The van der Waals surface area contributed by atoms with Gasteiger partial charge >= 0.3 is 0 Å². The van der Waals surface area contributed by atoms with E-state index in [1.807, 2.05) is 55.5 Å². The highest BCUT2D eigenvalue weighted by molar-refractivity contribution is 6.30. The van der Waals surface area contributed by atoms with E-state index < -0.39 is 0 Å².